The molecule has 0 aliphatic heterocycles. The van der Waals surface area contributed by atoms with Gasteiger partial charge in [-0.25, -0.2) is 4.39 Å². The highest BCUT2D eigenvalue weighted by molar-refractivity contribution is 5.45. The largest absolute Gasteiger partial charge is 0.205 e. The molecule has 0 saturated heterocycles. The van der Waals surface area contributed by atoms with Crippen LogP contribution in [0, 0.1) is 28.5 Å². The van der Waals surface area contributed by atoms with Gasteiger partial charge in [-0.1, -0.05) is 20.8 Å². The van der Waals surface area contributed by atoms with Crippen LogP contribution in [-0.4, -0.2) is 0 Å². The smallest absolute Gasteiger partial charge is 0.144 e. The van der Waals surface area contributed by atoms with Crippen molar-refractivity contribution in [2.24, 2.45) is 0 Å². The Morgan fingerprint density at radius 2 is 1.73 bits per heavy atom. The Morgan fingerprint density at radius 1 is 1.13 bits per heavy atom. The summed E-state index contributed by atoms with van der Waals surface area (Å²) >= 11 is 0. The van der Waals surface area contributed by atoms with Gasteiger partial charge in [0.05, 0.1) is 17.2 Å². The van der Waals surface area contributed by atoms with Gasteiger partial charge in [-0.15, -0.1) is 0 Å². The lowest BCUT2D eigenvalue weighted by atomic mass is 9.84. The summed E-state index contributed by atoms with van der Waals surface area (Å²) in [5, 5.41) is 17.5. The van der Waals surface area contributed by atoms with E-state index < -0.39 is 11.2 Å². The molecule has 0 radical (unpaired) electrons. The summed E-state index contributed by atoms with van der Waals surface area (Å²) in [6, 6.07) is 6.44. The second-order valence-corrected chi connectivity index (χ2v) is 4.36. The van der Waals surface area contributed by atoms with Crippen molar-refractivity contribution in [1.29, 1.82) is 10.5 Å². The zero-order valence-electron chi connectivity index (χ0n) is 8.93. The van der Waals surface area contributed by atoms with Crippen LogP contribution in [0.15, 0.2) is 12.1 Å². The topological polar surface area (TPSA) is 47.6 Å². The van der Waals surface area contributed by atoms with E-state index in [9.17, 15) is 4.39 Å². The Kier molecular flexibility index (Phi) is 2.77. The van der Waals surface area contributed by atoms with E-state index in [0.717, 1.165) is 0 Å². The highest BCUT2D eigenvalue weighted by atomic mass is 19.1. The van der Waals surface area contributed by atoms with Crippen molar-refractivity contribution in [2.45, 2.75) is 26.2 Å². The summed E-state index contributed by atoms with van der Waals surface area (Å²) in [6.45, 7) is 5.52. The first kappa shape index (κ1) is 11.2. The number of hydrogen-bond acceptors (Lipinski definition) is 2. The molecule has 0 unspecified atom stereocenters. The summed E-state index contributed by atoms with van der Waals surface area (Å²) in [7, 11) is 0. The molecule has 0 fully saturated rings. The third-order valence-corrected chi connectivity index (χ3v) is 2.13. The molecule has 2 nitrogen and oxygen atoms in total. The van der Waals surface area contributed by atoms with Gasteiger partial charge in [0, 0.05) is 0 Å². The quantitative estimate of drug-likeness (QED) is 0.649. The van der Waals surface area contributed by atoms with E-state index in [1.807, 2.05) is 26.8 Å². The molecule has 15 heavy (non-hydrogen) atoms. The Morgan fingerprint density at radius 3 is 2.13 bits per heavy atom. The fourth-order valence-electron chi connectivity index (χ4n) is 1.32. The van der Waals surface area contributed by atoms with Crippen LogP contribution in [-0.2, 0) is 5.41 Å². The van der Waals surface area contributed by atoms with Crippen LogP contribution < -0.4 is 0 Å². The maximum absolute atomic E-state index is 13.8. The molecule has 0 spiro atoms. The van der Waals surface area contributed by atoms with Gasteiger partial charge in [0.25, 0.3) is 0 Å². The minimum atomic E-state index is -0.524. The molecule has 1 aromatic rings. The third-order valence-electron chi connectivity index (χ3n) is 2.13. The van der Waals surface area contributed by atoms with Gasteiger partial charge in [-0.2, -0.15) is 10.5 Å². The Balaban J connectivity index is 3.55. The van der Waals surface area contributed by atoms with Crippen molar-refractivity contribution in [3.63, 3.8) is 0 Å². The Bertz CT molecular complexity index is 470. The van der Waals surface area contributed by atoms with Crippen LogP contribution >= 0.6 is 0 Å². The summed E-state index contributed by atoms with van der Waals surface area (Å²) in [6.07, 6.45) is 0. The number of hydrogen-bond donors (Lipinski definition) is 0. The lowest BCUT2D eigenvalue weighted by molar-refractivity contribution is 0.521. The molecule has 76 valence electrons. The Hall–Kier alpha value is -1.87. The van der Waals surface area contributed by atoms with Crippen molar-refractivity contribution in [3.05, 3.63) is 34.6 Å². The molecule has 0 aliphatic rings. The number of rotatable bonds is 0. The van der Waals surface area contributed by atoms with Gasteiger partial charge in [0.15, 0.2) is 0 Å². The second kappa shape index (κ2) is 3.71. The number of nitrogens with zero attached hydrogens (tertiary/aromatic N) is 2. The molecule has 0 aromatic heterocycles. The minimum absolute atomic E-state index is 0.0704. The van der Waals surface area contributed by atoms with Crippen molar-refractivity contribution in [1.82, 2.24) is 0 Å². The lowest BCUT2D eigenvalue weighted by Crippen LogP contribution is -2.15. The van der Waals surface area contributed by atoms with E-state index >= 15 is 0 Å². The molecule has 3 heteroatoms. The predicted octanol–water partition coefficient (Wildman–Crippen LogP) is 2.87. The van der Waals surface area contributed by atoms with Crippen LogP contribution in [0.2, 0.25) is 0 Å². The van der Waals surface area contributed by atoms with Gasteiger partial charge < -0.3 is 0 Å². The molecule has 0 aliphatic carbocycles. The van der Waals surface area contributed by atoms with Gasteiger partial charge in [-0.05, 0) is 23.1 Å². The molecule has 0 amide bonds. The molecule has 0 bridgehead atoms. The third kappa shape index (κ3) is 2.14. The van der Waals surface area contributed by atoms with Gasteiger partial charge in [0.1, 0.15) is 11.9 Å². The number of benzene rings is 1. The van der Waals surface area contributed by atoms with Crippen molar-refractivity contribution in [2.75, 3.05) is 0 Å². The van der Waals surface area contributed by atoms with Crippen molar-refractivity contribution >= 4 is 0 Å². The van der Waals surface area contributed by atoms with E-state index in [4.69, 9.17) is 10.5 Å². The van der Waals surface area contributed by atoms with E-state index in [1.54, 1.807) is 6.07 Å². The van der Waals surface area contributed by atoms with E-state index in [-0.39, 0.29) is 5.56 Å². The van der Waals surface area contributed by atoms with Crippen LogP contribution in [0.5, 0.6) is 0 Å². The van der Waals surface area contributed by atoms with Gasteiger partial charge in [0.2, 0.25) is 0 Å². The highest BCUT2D eigenvalue weighted by Gasteiger charge is 2.21. The second-order valence-electron chi connectivity index (χ2n) is 4.36. The molecular formula is C12H11FN2. The average molecular weight is 202 g/mol. The fraction of sp³-hybridized carbons (Fsp3) is 0.333. The summed E-state index contributed by atoms with van der Waals surface area (Å²) < 4.78 is 13.8. The monoisotopic (exact) mass is 202 g/mol. The predicted molar refractivity (Wildman–Crippen MR) is 54.5 cm³/mol. The standard InChI is InChI=1S/C12H11FN2/c1-12(2,3)10-5-8(6-14)4-9(7-15)11(10)13/h4-5H,1-3H3. The van der Waals surface area contributed by atoms with Gasteiger partial charge >= 0.3 is 0 Å². The first-order chi connectivity index (χ1) is 6.90. The first-order valence-electron chi connectivity index (χ1n) is 4.54. The van der Waals surface area contributed by atoms with Gasteiger partial charge in [-0.3, -0.25) is 0 Å². The average Bonchev–Trinajstić information content (AvgIpc) is 2.16. The van der Waals surface area contributed by atoms with E-state index in [2.05, 4.69) is 0 Å². The minimum Gasteiger partial charge on any atom is -0.205 e. The first-order valence-corrected chi connectivity index (χ1v) is 4.54. The van der Waals surface area contributed by atoms with Crippen molar-refractivity contribution < 1.29 is 4.39 Å². The van der Waals surface area contributed by atoms with Crippen LogP contribution in [0.4, 0.5) is 4.39 Å². The molecule has 0 atom stereocenters. The summed E-state index contributed by atoms with van der Waals surface area (Å²) in [5.74, 6) is -0.524. The number of halogens is 1. The maximum Gasteiger partial charge on any atom is 0.144 e. The normalized spacial score (nSPS) is 10.5. The van der Waals surface area contributed by atoms with E-state index in [1.165, 1.54) is 12.1 Å². The highest BCUT2D eigenvalue weighted by Crippen LogP contribution is 2.27. The van der Waals surface area contributed by atoms with Crippen LogP contribution in [0.3, 0.4) is 0 Å². The molecule has 0 saturated carbocycles. The van der Waals surface area contributed by atoms with Crippen LogP contribution in [0.1, 0.15) is 37.5 Å². The molecule has 1 rings (SSSR count). The van der Waals surface area contributed by atoms with Crippen LogP contribution in [0.25, 0.3) is 0 Å². The lowest BCUT2D eigenvalue weighted by Gasteiger charge is -2.20. The molecule has 0 N–H and O–H groups in total. The Labute approximate surface area is 88.6 Å². The maximum atomic E-state index is 13.8. The number of nitriles is 2. The summed E-state index contributed by atoms with van der Waals surface area (Å²) in [4.78, 5) is 0. The molecule has 0 heterocycles. The van der Waals surface area contributed by atoms with E-state index in [0.29, 0.717) is 11.1 Å². The molecule has 1 aromatic carbocycles. The summed E-state index contributed by atoms with van der Waals surface area (Å²) in [5.41, 5.74) is 0.234. The van der Waals surface area contributed by atoms with Crippen molar-refractivity contribution in [3.8, 4) is 12.1 Å². The molecular weight excluding hydrogens is 191 g/mol. The zero-order valence-corrected chi connectivity index (χ0v) is 8.93. The fourth-order valence-corrected chi connectivity index (χ4v) is 1.32. The zero-order chi connectivity index (χ0) is 11.6. The SMILES string of the molecule is CC(C)(C)c1cc(C#N)cc(C#N)c1F.